The predicted molar refractivity (Wildman–Crippen MR) is 135 cm³/mol. The molecule has 0 radical (unpaired) electrons. The van der Waals surface area contributed by atoms with E-state index in [1.165, 1.54) is 11.1 Å². The van der Waals surface area contributed by atoms with Crippen LogP contribution in [0.15, 0.2) is 29.3 Å². The van der Waals surface area contributed by atoms with Gasteiger partial charge in [-0.3, -0.25) is 9.80 Å². The number of ether oxygens (including phenoxy) is 1. The smallest absolute Gasteiger partial charge is 0.191 e. The predicted octanol–water partition coefficient (Wildman–Crippen LogP) is 1.44. The molecule has 1 aromatic rings. The molecular formula is C22H39IN6O. The first-order chi connectivity index (χ1) is 14.2. The Kier molecular flexibility index (Phi) is 11.4. The van der Waals surface area contributed by atoms with Crippen LogP contribution in [0.3, 0.4) is 0 Å². The standard InChI is InChI=1S/C22H38N6O.HI/c1-4-23-22(25-16-21-18-26(2)9-10-27(21)3)24-15-19-7-5-6-8-20(19)17-28-11-13-29-14-12-28;/h5-8,21H,4,9-18H2,1-3H3,(H2,23,24,25);1H. The Balaban J connectivity index is 0.00000320. The van der Waals surface area contributed by atoms with Crippen LogP contribution in [0.5, 0.6) is 0 Å². The van der Waals surface area contributed by atoms with E-state index in [2.05, 4.69) is 70.6 Å². The largest absolute Gasteiger partial charge is 0.379 e. The molecule has 0 aromatic heterocycles. The molecule has 2 fully saturated rings. The Labute approximate surface area is 199 Å². The van der Waals surface area contributed by atoms with E-state index in [1.807, 2.05) is 0 Å². The number of likely N-dealkylation sites (N-methyl/N-ethyl adjacent to an activating group) is 2. The molecule has 7 nitrogen and oxygen atoms in total. The van der Waals surface area contributed by atoms with Crippen molar-refractivity contribution in [3.05, 3.63) is 35.4 Å². The van der Waals surface area contributed by atoms with Gasteiger partial charge in [0, 0.05) is 58.4 Å². The number of halogens is 1. The van der Waals surface area contributed by atoms with E-state index >= 15 is 0 Å². The molecule has 30 heavy (non-hydrogen) atoms. The zero-order chi connectivity index (χ0) is 20.5. The summed E-state index contributed by atoms with van der Waals surface area (Å²) in [5, 5.41) is 6.96. The van der Waals surface area contributed by atoms with E-state index in [0.717, 1.165) is 71.5 Å². The van der Waals surface area contributed by atoms with Crippen molar-refractivity contribution in [3.8, 4) is 0 Å². The second-order valence-electron chi connectivity index (χ2n) is 8.13. The second-order valence-corrected chi connectivity index (χ2v) is 8.13. The summed E-state index contributed by atoms with van der Waals surface area (Å²) < 4.78 is 5.48. The molecule has 2 heterocycles. The average molecular weight is 530 g/mol. The van der Waals surface area contributed by atoms with Crippen molar-refractivity contribution in [2.45, 2.75) is 26.1 Å². The molecule has 1 unspecified atom stereocenters. The molecule has 0 amide bonds. The van der Waals surface area contributed by atoms with Gasteiger partial charge < -0.3 is 20.3 Å². The third-order valence-electron chi connectivity index (χ3n) is 5.85. The number of nitrogens with one attached hydrogen (secondary N) is 2. The number of morpholine rings is 1. The van der Waals surface area contributed by atoms with Crippen LogP contribution < -0.4 is 10.6 Å². The molecule has 2 N–H and O–H groups in total. The van der Waals surface area contributed by atoms with E-state index in [0.29, 0.717) is 12.6 Å². The number of nitrogens with zero attached hydrogens (tertiary/aromatic N) is 4. The van der Waals surface area contributed by atoms with Crippen molar-refractivity contribution in [1.82, 2.24) is 25.3 Å². The fraction of sp³-hybridized carbons (Fsp3) is 0.682. The zero-order valence-corrected chi connectivity index (χ0v) is 21.1. The molecule has 170 valence electrons. The fourth-order valence-corrected chi connectivity index (χ4v) is 3.91. The normalized spacial score (nSPS) is 21.8. The van der Waals surface area contributed by atoms with Crippen LogP contribution in [-0.2, 0) is 17.8 Å². The third kappa shape index (κ3) is 7.96. The van der Waals surface area contributed by atoms with Gasteiger partial charge >= 0.3 is 0 Å². The van der Waals surface area contributed by atoms with Gasteiger partial charge in [0.05, 0.1) is 19.8 Å². The maximum absolute atomic E-state index is 5.48. The van der Waals surface area contributed by atoms with Crippen LogP contribution in [-0.4, -0.2) is 99.8 Å². The first kappa shape index (κ1) is 25.3. The number of aliphatic imine (C=N–C) groups is 1. The van der Waals surface area contributed by atoms with Crippen LogP contribution >= 0.6 is 24.0 Å². The summed E-state index contributed by atoms with van der Waals surface area (Å²) in [6.45, 7) is 12.6. The van der Waals surface area contributed by atoms with E-state index in [1.54, 1.807) is 0 Å². The minimum atomic E-state index is 0. The van der Waals surface area contributed by atoms with Crippen LogP contribution in [0.1, 0.15) is 18.1 Å². The van der Waals surface area contributed by atoms with Crippen molar-refractivity contribution >= 4 is 29.9 Å². The summed E-state index contributed by atoms with van der Waals surface area (Å²) in [5.74, 6) is 0.898. The van der Waals surface area contributed by atoms with Crippen LogP contribution in [0.25, 0.3) is 0 Å². The summed E-state index contributed by atoms with van der Waals surface area (Å²) in [6, 6.07) is 9.18. The van der Waals surface area contributed by atoms with Gasteiger partial charge in [-0.05, 0) is 32.1 Å². The first-order valence-corrected chi connectivity index (χ1v) is 10.9. The average Bonchev–Trinajstić information content (AvgIpc) is 2.74. The molecule has 0 spiro atoms. The minimum Gasteiger partial charge on any atom is -0.379 e. The molecule has 0 aliphatic carbocycles. The zero-order valence-electron chi connectivity index (χ0n) is 18.8. The Morgan fingerprint density at radius 3 is 2.53 bits per heavy atom. The molecule has 1 atom stereocenters. The van der Waals surface area contributed by atoms with Gasteiger partial charge in [-0.25, -0.2) is 4.99 Å². The molecule has 8 heteroatoms. The van der Waals surface area contributed by atoms with Crippen molar-refractivity contribution in [2.24, 2.45) is 4.99 Å². The Hall–Kier alpha value is -0.940. The Bertz CT molecular complexity index is 652. The highest BCUT2D eigenvalue weighted by Gasteiger charge is 2.22. The van der Waals surface area contributed by atoms with E-state index < -0.39 is 0 Å². The van der Waals surface area contributed by atoms with Gasteiger partial charge in [0.2, 0.25) is 0 Å². The quantitative estimate of drug-likeness (QED) is 0.316. The molecular weight excluding hydrogens is 491 g/mol. The molecule has 3 rings (SSSR count). The number of rotatable bonds is 7. The van der Waals surface area contributed by atoms with Crippen LogP contribution in [0, 0.1) is 0 Å². The van der Waals surface area contributed by atoms with Gasteiger partial charge in [0.1, 0.15) is 0 Å². The number of guanidine groups is 1. The SMILES string of the molecule is CCNC(=NCc1ccccc1CN1CCOCC1)NCC1CN(C)CCN1C.I. The summed E-state index contributed by atoms with van der Waals surface area (Å²) in [5.41, 5.74) is 2.66. The summed E-state index contributed by atoms with van der Waals surface area (Å²) >= 11 is 0. The van der Waals surface area contributed by atoms with Crippen molar-refractivity contribution < 1.29 is 4.74 Å². The van der Waals surface area contributed by atoms with E-state index in [4.69, 9.17) is 9.73 Å². The fourth-order valence-electron chi connectivity index (χ4n) is 3.91. The highest BCUT2D eigenvalue weighted by atomic mass is 127. The van der Waals surface area contributed by atoms with Crippen molar-refractivity contribution in [1.29, 1.82) is 0 Å². The van der Waals surface area contributed by atoms with E-state index in [-0.39, 0.29) is 24.0 Å². The summed E-state index contributed by atoms with van der Waals surface area (Å²) in [7, 11) is 4.41. The van der Waals surface area contributed by atoms with Gasteiger partial charge in [-0.1, -0.05) is 24.3 Å². The number of piperazine rings is 1. The number of hydrogen-bond acceptors (Lipinski definition) is 5. The lowest BCUT2D eigenvalue weighted by Crippen LogP contribution is -2.55. The van der Waals surface area contributed by atoms with Crippen molar-refractivity contribution in [2.75, 3.05) is 73.1 Å². The summed E-state index contributed by atoms with van der Waals surface area (Å²) in [6.07, 6.45) is 0. The lowest BCUT2D eigenvalue weighted by molar-refractivity contribution is 0.0341. The molecule has 1 aromatic carbocycles. The monoisotopic (exact) mass is 530 g/mol. The maximum Gasteiger partial charge on any atom is 0.191 e. The molecule has 2 aliphatic rings. The third-order valence-corrected chi connectivity index (χ3v) is 5.85. The van der Waals surface area contributed by atoms with Crippen LogP contribution in [0.2, 0.25) is 0 Å². The molecule has 0 saturated carbocycles. The van der Waals surface area contributed by atoms with Gasteiger partial charge in [0.15, 0.2) is 5.96 Å². The highest BCUT2D eigenvalue weighted by molar-refractivity contribution is 14.0. The minimum absolute atomic E-state index is 0. The van der Waals surface area contributed by atoms with Gasteiger partial charge in [-0.15, -0.1) is 24.0 Å². The van der Waals surface area contributed by atoms with Gasteiger partial charge in [-0.2, -0.15) is 0 Å². The Morgan fingerprint density at radius 2 is 1.80 bits per heavy atom. The Morgan fingerprint density at radius 1 is 1.07 bits per heavy atom. The second kappa shape index (κ2) is 13.5. The topological polar surface area (TPSA) is 55.4 Å². The number of hydrogen-bond donors (Lipinski definition) is 2. The van der Waals surface area contributed by atoms with E-state index in [9.17, 15) is 0 Å². The molecule has 0 bridgehead atoms. The molecule has 2 saturated heterocycles. The number of benzene rings is 1. The highest BCUT2D eigenvalue weighted by Crippen LogP contribution is 2.14. The summed E-state index contributed by atoms with van der Waals surface area (Å²) in [4.78, 5) is 12.2. The van der Waals surface area contributed by atoms with Crippen molar-refractivity contribution in [3.63, 3.8) is 0 Å². The first-order valence-electron chi connectivity index (χ1n) is 10.9. The lowest BCUT2D eigenvalue weighted by atomic mass is 10.1. The molecule has 2 aliphatic heterocycles. The maximum atomic E-state index is 5.48. The van der Waals surface area contributed by atoms with Crippen LogP contribution in [0.4, 0.5) is 0 Å². The van der Waals surface area contributed by atoms with Gasteiger partial charge in [0.25, 0.3) is 0 Å². The lowest BCUT2D eigenvalue weighted by Gasteiger charge is -2.37.